The molecule has 0 aliphatic rings. The van der Waals surface area contributed by atoms with Gasteiger partial charge < -0.3 is 53.8 Å². The summed E-state index contributed by atoms with van der Waals surface area (Å²) in [7, 11) is 0. The summed E-state index contributed by atoms with van der Waals surface area (Å²) < 4.78 is 0. The highest BCUT2D eigenvalue weighted by molar-refractivity contribution is 5.96. The van der Waals surface area contributed by atoms with Gasteiger partial charge in [-0.1, -0.05) is 74.0 Å². The Labute approximate surface area is 342 Å². The Balaban J connectivity index is 1.42. The molecule has 59 heavy (non-hydrogen) atoms. The number of hydrogen-bond acceptors (Lipinski definition) is 8. The first-order chi connectivity index (χ1) is 28.5. The van der Waals surface area contributed by atoms with Gasteiger partial charge in [0.05, 0.1) is 18.9 Å². The normalized spacial score (nSPS) is 13.2. The number of guanidine groups is 1. The molecule has 13 N–H and O–H groups in total. The van der Waals surface area contributed by atoms with Gasteiger partial charge in [-0.05, 0) is 53.8 Å². The number of amides is 5. The number of hydrogen-bond donors (Lipinski definition) is 10. The molecule has 0 saturated carbocycles. The number of para-hydroxylation sites is 1. The number of unbranched alkanes of at least 4 members (excludes halogenated alkanes) is 1. The molecule has 0 bridgehead atoms. The van der Waals surface area contributed by atoms with Crippen LogP contribution in [0.1, 0.15) is 49.4 Å². The lowest BCUT2D eigenvalue weighted by Gasteiger charge is -2.27. The van der Waals surface area contributed by atoms with Crippen LogP contribution in [0.4, 0.5) is 0 Å². The number of rotatable bonds is 23. The van der Waals surface area contributed by atoms with E-state index in [1.165, 1.54) is 6.33 Å². The van der Waals surface area contributed by atoms with Crippen LogP contribution in [0.2, 0.25) is 0 Å². The number of aliphatic imine (C=N–C) groups is 1. The Morgan fingerprint density at radius 2 is 1.44 bits per heavy atom. The molecule has 17 nitrogen and oxygen atoms in total. The van der Waals surface area contributed by atoms with Gasteiger partial charge in [0, 0.05) is 54.8 Å². The molecule has 0 aliphatic carbocycles. The van der Waals surface area contributed by atoms with Crippen molar-refractivity contribution < 1.29 is 24.0 Å². The van der Waals surface area contributed by atoms with E-state index in [2.05, 4.69) is 53.5 Å². The van der Waals surface area contributed by atoms with Gasteiger partial charge >= 0.3 is 0 Å². The fourth-order valence-electron chi connectivity index (χ4n) is 6.75. The summed E-state index contributed by atoms with van der Waals surface area (Å²) >= 11 is 0. The topological polar surface area (TPSA) is 280 Å². The molecule has 0 saturated heterocycles. The maximum absolute atomic E-state index is 14.5. The van der Waals surface area contributed by atoms with Crippen molar-refractivity contribution >= 4 is 57.2 Å². The molecule has 5 amide bonds. The first kappa shape index (κ1) is 43.4. The monoisotopic (exact) mass is 806 g/mol. The number of fused-ring (bicyclic) bond motifs is 2. The fourth-order valence-corrected chi connectivity index (χ4v) is 6.75. The van der Waals surface area contributed by atoms with Gasteiger partial charge in [0.1, 0.15) is 18.1 Å². The number of benzene rings is 3. The number of nitrogens with one attached hydrogen (secondary N) is 7. The summed E-state index contributed by atoms with van der Waals surface area (Å²) in [5.74, 6) is -3.23. The lowest BCUT2D eigenvalue weighted by Crippen LogP contribution is -2.59. The van der Waals surface area contributed by atoms with Crippen molar-refractivity contribution in [2.24, 2.45) is 22.2 Å². The summed E-state index contributed by atoms with van der Waals surface area (Å²) in [5, 5.41) is 17.2. The van der Waals surface area contributed by atoms with E-state index in [0.717, 1.165) is 51.3 Å². The van der Waals surface area contributed by atoms with Crippen LogP contribution in [0.15, 0.2) is 90.4 Å². The molecule has 5 rings (SSSR count). The third kappa shape index (κ3) is 13.1. The van der Waals surface area contributed by atoms with Crippen molar-refractivity contribution in [1.82, 2.24) is 41.5 Å². The number of imidazole rings is 1. The summed E-state index contributed by atoms with van der Waals surface area (Å²) in [6.07, 6.45) is 7.51. The molecular formula is C42H54N12O5. The average molecular weight is 807 g/mol. The molecule has 0 radical (unpaired) electrons. The quantitative estimate of drug-likeness (QED) is 0.0255. The van der Waals surface area contributed by atoms with Crippen molar-refractivity contribution in [1.29, 1.82) is 0 Å². The summed E-state index contributed by atoms with van der Waals surface area (Å²) in [6, 6.07) is 17.0. The Hall–Kier alpha value is -6.75. The number of aromatic nitrogens is 3. The number of aromatic amines is 2. The number of nitrogens with zero attached hydrogens (tertiary/aromatic N) is 2. The first-order valence-corrected chi connectivity index (χ1v) is 19.8. The highest BCUT2D eigenvalue weighted by Gasteiger charge is 2.32. The molecule has 0 spiro atoms. The number of H-pyrrole nitrogens is 2. The number of carbonyl (C=O) groups excluding carboxylic acids is 5. The van der Waals surface area contributed by atoms with Gasteiger partial charge in [0.25, 0.3) is 0 Å². The maximum Gasteiger partial charge on any atom is 0.243 e. The first-order valence-electron chi connectivity index (χ1n) is 19.8. The van der Waals surface area contributed by atoms with Crippen LogP contribution in [0.25, 0.3) is 21.7 Å². The minimum Gasteiger partial charge on any atom is -0.370 e. The Kier molecular flexibility index (Phi) is 15.9. The van der Waals surface area contributed by atoms with Crippen molar-refractivity contribution in [3.8, 4) is 0 Å². The van der Waals surface area contributed by atoms with Gasteiger partial charge in [0.15, 0.2) is 5.96 Å². The zero-order valence-corrected chi connectivity index (χ0v) is 33.1. The lowest BCUT2D eigenvalue weighted by molar-refractivity contribution is -0.134. The van der Waals surface area contributed by atoms with Gasteiger partial charge in [-0.3, -0.25) is 29.0 Å². The van der Waals surface area contributed by atoms with Gasteiger partial charge in [-0.25, -0.2) is 4.98 Å². The molecular weight excluding hydrogens is 753 g/mol. The van der Waals surface area contributed by atoms with Crippen LogP contribution < -0.4 is 43.8 Å². The maximum atomic E-state index is 14.5. The Morgan fingerprint density at radius 1 is 0.746 bits per heavy atom. The molecule has 2 heterocycles. The summed E-state index contributed by atoms with van der Waals surface area (Å²) in [4.78, 5) is 82.2. The van der Waals surface area contributed by atoms with E-state index in [0.29, 0.717) is 13.0 Å². The highest BCUT2D eigenvalue weighted by atomic mass is 16.2. The molecule has 0 unspecified atom stereocenters. The fraction of sp³-hybridized carbons (Fsp3) is 0.357. The third-order valence-electron chi connectivity index (χ3n) is 9.85. The van der Waals surface area contributed by atoms with E-state index < -0.39 is 60.2 Å². The molecule has 0 fully saturated rings. The van der Waals surface area contributed by atoms with Crippen molar-refractivity contribution in [2.75, 3.05) is 19.6 Å². The van der Waals surface area contributed by atoms with Crippen molar-refractivity contribution in [3.05, 3.63) is 102 Å². The molecule has 0 aliphatic heterocycles. The van der Waals surface area contributed by atoms with Crippen LogP contribution in [0, 0.1) is 0 Å². The number of carbonyl (C=O) groups is 5. The highest BCUT2D eigenvalue weighted by Crippen LogP contribution is 2.20. The number of nitrogens with two attached hydrogens (primary N) is 3. The summed E-state index contributed by atoms with van der Waals surface area (Å²) in [6.45, 7) is 2.35. The van der Waals surface area contributed by atoms with Gasteiger partial charge in [-0.2, -0.15) is 0 Å². The minimum absolute atomic E-state index is 0.0540. The van der Waals surface area contributed by atoms with Gasteiger partial charge in [0.2, 0.25) is 29.5 Å². The molecule has 17 heteroatoms. The SMILES string of the molecule is CCCCN[C@@H](Cc1cnc[nH]1)C(=O)N[C@H](Cc1ccc2ccccc2c1)C(=O)N[C@@H](CCCN=C(N)N)C(=O)N[C@@H](Cc1c[nH]c2ccccc12)C(=O)NCC(N)=O. The van der Waals surface area contributed by atoms with Crippen molar-refractivity contribution in [3.63, 3.8) is 0 Å². The van der Waals surface area contributed by atoms with Crippen LogP contribution in [0.5, 0.6) is 0 Å². The predicted octanol–water partition coefficient (Wildman–Crippen LogP) is 0.940. The Bertz CT molecular complexity index is 2220. The predicted molar refractivity (Wildman–Crippen MR) is 227 cm³/mol. The minimum atomic E-state index is -1.19. The second-order valence-electron chi connectivity index (χ2n) is 14.4. The molecule has 5 aromatic rings. The van der Waals surface area contributed by atoms with E-state index in [-0.39, 0.29) is 38.2 Å². The molecule has 4 atom stereocenters. The second kappa shape index (κ2) is 21.7. The smallest absolute Gasteiger partial charge is 0.243 e. The summed E-state index contributed by atoms with van der Waals surface area (Å²) in [5.41, 5.74) is 19.5. The zero-order valence-electron chi connectivity index (χ0n) is 33.1. The lowest BCUT2D eigenvalue weighted by atomic mass is 9.99. The average Bonchev–Trinajstić information content (AvgIpc) is 3.90. The van der Waals surface area contributed by atoms with Crippen LogP contribution in [0.3, 0.4) is 0 Å². The van der Waals surface area contributed by atoms with E-state index in [4.69, 9.17) is 17.2 Å². The number of primary amides is 1. The zero-order chi connectivity index (χ0) is 42.1. The van der Waals surface area contributed by atoms with Crippen LogP contribution in [-0.2, 0) is 43.2 Å². The van der Waals surface area contributed by atoms with E-state index in [1.807, 2.05) is 66.7 Å². The van der Waals surface area contributed by atoms with Crippen molar-refractivity contribution in [2.45, 2.75) is 76.0 Å². The van der Waals surface area contributed by atoms with E-state index in [9.17, 15) is 24.0 Å². The Morgan fingerprint density at radius 3 is 2.17 bits per heavy atom. The molecule has 2 aromatic heterocycles. The van der Waals surface area contributed by atoms with E-state index in [1.54, 1.807) is 12.4 Å². The molecule has 3 aromatic carbocycles. The third-order valence-corrected chi connectivity index (χ3v) is 9.85. The largest absolute Gasteiger partial charge is 0.370 e. The second-order valence-corrected chi connectivity index (χ2v) is 14.4. The van der Waals surface area contributed by atoms with Crippen LogP contribution >= 0.6 is 0 Å². The van der Waals surface area contributed by atoms with E-state index >= 15 is 0 Å². The van der Waals surface area contributed by atoms with Crippen LogP contribution in [-0.4, -0.2) is 94.2 Å². The standard InChI is InChI=1S/C42H54N12O5/c1-2-3-16-47-34(21-30-23-46-25-51-30)40(58)53-35(19-26-14-15-27-9-4-5-10-28(27)18-26)41(59)52-33(13-8-17-48-42(44)45)39(57)54-36(38(56)50-24-37(43)55)20-29-22-49-32-12-7-6-11-31(29)32/h4-7,9-12,14-15,18,22-23,25,33-36,47,49H,2-3,8,13,16-17,19-21,24H2,1H3,(H2,43,55)(H,46,51)(H,50,56)(H,52,59)(H,53,58)(H,54,57)(H4,44,45,48)/t33-,34-,35+,36-/m0/s1. The molecule has 312 valence electrons. The van der Waals surface area contributed by atoms with Gasteiger partial charge in [-0.15, -0.1) is 0 Å².